The maximum absolute atomic E-state index is 12.9. The molecule has 1 fully saturated rings. The van der Waals surface area contributed by atoms with E-state index in [0.29, 0.717) is 44.9 Å². The number of rotatable bonds is 5. The minimum absolute atomic E-state index is 0.246. The fraction of sp³-hybridized carbons (Fsp3) is 0.350. The van der Waals surface area contributed by atoms with Crippen molar-refractivity contribution in [3.05, 3.63) is 59.7 Å². The SMILES string of the molecule is CCOC(=O)N1CCN(c2cncc(C(=O)NCc3ccc(F)cc3)c2)CC1. The quantitative estimate of drug-likeness (QED) is 0.854. The molecule has 0 unspecified atom stereocenters. The average Bonchev–Trinajstić information content (AvgIpc) is 2.73. The van der Waals surface area contributed by atoms with Crippen LogP contribution in [0.4, 0.5) is 14.9 Å². The molecular formula is C20H23FN4O3. The van der Waals surface area contributed by atoms with E-state index < -0.39 is 0 Å². The summed E-state index contributed by atoms with van der Waals surface area (Å²) < 4.78 is 18.0. The molecule has 0 radical (unpaired) electrons. The van der Waals surface area contributed by atoms with Crippen LogP contribution in [0.25, 0.3) is 0 Å². The Labute approximate surface area is 163 Å². The van der Waals surface area contributed by atoms with Gasteiger partial charge in [0.1, 0.15) is 5.82 Å². The number of hydrogen-bond acceptors (Lipinski definition) is 5. The van der Waals surface area contributed by atoms with E-state index in [4.69, 9.17) is 4.74 Å². The van der Waals surface area contributed by atoms with E-state index in [1.54, 1.807) is 36.2 Å². The lowest BCUT2D eigenvalue weighted by Gasteiger charge is -2.35. The van der Waals surface area contributed by atoms with Crippen LogP contribution in [-0.4, -0.2) is 54.7 Å². The lowest BCUT2D eigenvalue weighted by atomic mass is 10.2. The topological polar surface area (TPSA) is 74.8 Å². The van der Waals surface area contributed by atoms with Gasteiger partial charge in [-0.05, 0) is 30.7 Å². The van der Waals surface area contributed by atoms with Crippen LogP contribution in [0.15, 0.2) is 42.7 Å². The number of amides is 2. The van der Waals surface area contributed by atoms with Gasteiger partial charge in [0.05, 0.1) is 24.1 Å². The van der Waals surface area contributed by atoms with Crippen molar-refractivity contribution >= 4 is 17.7 Å². The van der Waals surface area contributed by atoms with Gasteiger partial charge in [0, 0.05) is 38.9 Å². The number of halogens is 1. The third kappa shape index (κ3) is 4.97. The number of nitrogens with one attached hydrogen (secondary N) is 1. The highest BCUT2D eigenvalue weighted by atomic mass is 19.1. The molecule has 0 bridgehead atoms. The second-order valence-electron chi connectivity index (χ2n) is 6.41. The Morgan fingerprint density at radius 2 is 1.86 bits per heavy atom. The molecule has 0 spiro atoms. The number of benzene rings is 1. The zero-order valence-corrected chi connectivity index (χ0v) is 15.7. The second-order valence-corrected chi connectivity index (χ2v) is 6.41. The van der Waals surface area contributed by atoms with Crippen LogP contribution in [0.1, 0.15) is 22.8 Å². The van der Waals surface area contributed by atoms with E-state index in [1.807, 2.05) is 0 Å². The molecule has 8 heteroatoms. The maximum Gasteiger partial charge on any atom is 0.409 e. The van der Waals surface area contributed by atoms with Crippen molar-refractivity contribution in [2.24, 2.45) is 0 Å². The largest absolute Gasteiger partial charge is 0.450 e. The second kappa shape index (κ2) is 9.16. The maximum atomic E-state index is 12.9. The highest BCUT2D eigenvalue weighted by Crippen LogP contribution is 2.17. The Morgan fingerprint density at radius 1 is 1.14 bits per heavy atom. The monoisotopic (exact) mass is 386 g/mol. The minimum atomic E-state index is -0.310. The number of aromatic nitrogens is 1. The van der Waals surface area contributed by atoms with E-state index >= 15 is 0 Å². The lowest BCUT2D eigenvalue weighted by Crippen LogP contribution is -2.49. The average molecular weight is 386 g/mol. The van der Waals surface area contributed by atoms with Gasteiger partial charge in [0.15, 0.2) is 0 Å². The molecule has 1 saturated heterocycles. The van der Waals surface area contributed by atoms with Gasteiger partial charge in [-0.15, -0.1) is 0 Å². The van der Waals surface area contributed by atoms with E-state index in [1.165, 1.54) is 18.3 Å². The number of nitrogens with zero attached hydrogens (tertiary/aromatic N) is 3. The molecule has 0 saturated carbocycles. The highest BCUT2D eigenvalue weighted by molar-refractivity contribution is 5.94. The van der Waals surface area contributed by atoms with Crippen molar-refractivity contribution in [1.82, 2.24) is 15.2 Å². The van der Waals surface area contributed by atoms with Gasteiger partial charge >= 0.3 is 6.09 Å². The van der Waals surface area contributed by atoms with Crippen molar-refractivity contribution in [1.29, 1.82) is 0 Å². The van der Waals surface area contributed by atoms with Crippen LogP contribution < -0.4 is 10.2 Å². The van der Waals surface area contributed by atoms with Crippen molar-refractivity contribution in [3.63, 3.8) is 0 Å². The van der Waals surface area contributed by atoms with E-state index in [9.17, 15) is 14.0 Å². The smallest absolute Gasteiger partial charge is 0.409 e. The van der Waals surface area contributed by atoms with Crippen LogP contribution in [0.2, 0.25) is 0 Å². The molecule has 2 amide bonds. The number of carbonyl (C=O) groups excluding carboxylic acids is 2. The number of carbonyl (C=O) groups is 2. The van der Waals surface area contributed by atoms with E-state index in [2.05, 4.69) is 15.2 Å². The van der Waals surface area contributed by atoms with Gasteiger partial charge in [-0.3, -0.25) is 9.78 Å². The summed E-state index contributed by atoms with van der Waals surface area (Å²) in [6, 6.07) is 7.77. The zero-order valence-electron chi connectivity index (χ0n) is 15.7. The van der Waals surface area contributed by atoms with Crippen LogP contribution >= 0.6 is 0 Å². The zero-order chi connectivity index (χ0) is 19.9. The number of anilines is 1. The first kappa shape index (κ1) is 19.6. The first-order chi connectivity index (χ1) is 13.6. The highest BCUT2D eigenvalue weighted by Gasteiger charge is 2.22. The third-order valence-corrected chi connectivity index (χ3v) is 4.52. The van der Waals surface area contributed by atoms with Gasteiger partial charge in [0.25, 0.3) is 5.91 Å². The Morgan fingerprint density at radius 3 is 2.54 bits per heavy atom. The molecular weight excluding hydrogens is 363 g/mol. The molecule has 1 aromatic heterocycles. The Kier molecular flexibility index (Phi) is 6.41. The summed E-state index contributed by atoms with van der Waals surface area (Å²) in [7, 11) is 0. The molecule has 0 atom stereocenters. The summed E-state index contributed by atoms with van der Waals surface area (Å²) in [4.78, 5) is 32.1. The number of hydrogen-bond donors (Lipinski definition) is 1. The predicted molar refractivity (Wildman–Crippen MR) is 103 cm³/mol. The van der Waals surface area contributed by atoms with Crippen LogP contribution in [-0.2, 0) is 11.3 Å². The molecule has 2 heterocycles. The summed E-state index contributed by atoms with van der Waals surface area (Å²) in [5.41, 5.74) is 2.10. The third-order valence-electron chi connectivity index (χ3n) is 4.52. The number of ether oxygens (including phenoxy) is 1. The summed E-state index contributed by atoms with van der Waals surface area (Å²) in [5, 5.41) is 2.81. The van der Waals surface area contributed by atoms with Crippen molar-refractivity contribution < 1.29 is 18.7 Å². The molecule has 7 nitrogen and oxygen atoms in total. The first-order valence-electron chi connectivity index (χ1n) is 9.21. The molecule has 1 aromatic carbocycles. The Balaban J connectivity index is 1.57. The molecule has 1 aliphatic heterocycles. The molecule has 0 aliphatic carbocycles. The van der Waals surface area contributed by atoms with Crippen molar-refractivity contribution in [2.45, 2.75) is 13.5 Å². The van der Waals surface area contributed by atoms with Crippen LogP contribution in [0.3, 0.4) is 0 Å². The Bertz CT molecular complexity index is 820. The predicted octanol–water partition coefficient (Wildman–Crippen LogP) is 2.43. The fourth-order valence-electron chi connectivity index (χ4n) is 2.97. The summed E-state index contributed by atoms with van der Waals surface area (Å²) in [6.07, 6.45) is 2.92. The van der Waals surface area contributed by atoms with Gasteiger partial charge in [-0.25, -0.2) is 9.18 Å². The van der Waals surface area contributed by atoms with Gasteiger partial charge < -0.3 is 19.9 Å². The number of pyridine rings is 1. The molecule has 2 aromatic rings. The van der Waals surface area contributed by atoms with Gasteiger partial charge in [-0.2, -0.15) is 0 Å². The molecule has 148 valence electrons. The van der Waals surface area contributed by atoms with Gasteiger partial charge in [0.2, 0.25) is 0 Å². The molecule has 28 heavy (non-hydrogen) atoms. The molecule has 1 aliphatic rings. The van der Waals surface area contributed by atoms with Crippen LogP contribution in [0, 0.1) is 5.82 Å². The minimum Gasteiger partial charge on any atom is -0.450 e. The lowest BCUT2D eigenvalue weighted by molar-refractivity contribution is 0.0950. The van der Waals surface area contributed by atoms with Gasteiger partial charge in [-0.1, -0.05) is 12.1 Å². The Hall–Kier alpha value is -3.16. The molecule has 3 rings (SSSR count). The van der Waals surface area contributed by atoms with Crippen LogP contribution in [0.5, 0.6) is 0 Å². The fourth-order valence-corrected chi connectivity index (χ4v) is 2.97. The first-order valence-corrected chi connectivity index (χ1v) is 9.21. The molecule has 1 N–H and O–H groups in total. The summed E-state index contributed by atoms with van der Waals surface area (Å²) in [5.74, 6) is -0.557. The summed E-state index contributed by atoms with van der Waals surface area (Å²) >= 11 is 0. The number of piperazine rings is 1. The summed E-state index contributed by atoms with van der Waals surface area (Å²) in [6.45, 7) is 4.84. The normalized spacial score (nSPS) is 13.9. The van der Waals surface area contributed by atoms with Crippen molar-refractivity contribution in [3.8, 4) is 0 Å². The van der Waals surface area contributed by atoms with E-state index in [-0.39, 0.29) is 17.8 Å². The van der Waals surface area contributed by atoms with Crippen molar-refractivity contribution in [2.75, 3.05) is 37.7 Å². The van der Waals surface area contributed by atoms with E-state index in [0.717, 1.165) is 11.3 Å². The standard InChI is InChI=1S/C20H23FN4O3/c1-2-28-20(27)25-9-7-24(8-10-25)18-11-16(13-22-14-18)19(26)23-12-15-3-5-17(21)6-4-15/h3-6,11,13-14H,2,7-10,12H2,1H3,(H,23,26).